The first kappa shape index (κ1) is 9.44. The second-order valence-electron chi connectivity index (χ2n) is 3.91. The molecule has 0 aromatic rings. The Hall–Kier alpha value is -0.120. The molecular formula is C10H19NO2. The smallest absolute Gasteiger partial charge is 0.0968 e. The van der Waals surface area contributed by atoms with E-state index in [0.717, 1.165) is 32.8 Å². The molecule has 0 aromatic heterocycles. The fourth-order valence-corrected chi connectivity index (χ4v) is 1.92. The van der Waals surface area contributed by atoms with Crippen molar-refractivity contribution in [2.45, 2.75) is 32.0 Å². The summed E-state index contributed by atoms with van der Waals surface area (Å²) < 4.78 is 10.9. The van der Waals surface area contributed by atoms with Crippen LogP contribution in [0, 0.1) is 0 Å². The first-order chi connectivity index (χ1) is 6.40. The van der Waals surface area contributed by atoms with Crippen molar-refractivity contribution in [3.63, 3.8) is 0 Å². The van der Waals surface area contributed by atoms with Gasteiger partial charge in [0.25, 0.3) is 0 Å². The molecule has 0 amide bonds. The monoisotopic (exact) mass is 185 g/mol. The summed E-state index contributed by atoms with van der Waals surface area (Å²) in [6.07, 6.45) is 3.56. The van der Waals surface area contributed by atoms with Crippen LogP contribution in [0.3, 0.4) is 0 Å². The Kier molecular flexibility index (Phi) is 3.19. The second-order valence-corrected chi connectivity index (χ2v) is 3.91. The maximum atomic E-state index is 5.58. The van der Waals surface area contributed by atoms with E-state index in [1.54, 1.807) is 0 Å². The van der Waals surface area contributed by atoms with Gasteiger partial charge in [-0.05, 0) is 6.42 Å². The minimum atomic E-state index is 0.526. The molecule has 2 aliphatic heterocycles. The summed E-state index contributed by atoms with van der Waals surface area (Å²) in [6.45, 7) is 7.29. The number of rotatable bonds is 4. The average Bonchev–Trinajstić information content (AvgIpc) is 2.86. The van der Waals surface area contributed by atoms with E-state index in [-0.39, 0.29) is 0 Å². The van der Waals surface area contributed by atoms with Gasteiger partial charge in [0.05, 0.1) is 25.4 Å². The van der Waals surface area contributed by atoms with Gasteiger partial charge in [-0.3, -0.25) is 4.90 Å². The van der Waals surface area contributed by atoms with Crippen LogP contribution in [0.15, 0.2) is 0 Å². The molecule has 2 saturated heterocycles. The maximum Gasteiger partial charge on any atom is 0.0968 e. The van der Waals surface area contributed by atoms with E-state index in [1.807, 2.05) is 0 Å². The van der Waals surface area contributed by atoms with Gasteiger partial charge in [-0.2, -0.15) is 0 Å². The zero-order chi connectivity index (χ0) is 9.10. The lowest BCUT2D eigenvalue weighted by molar-refractivity contribution is 0.0349. The molecular weight excluding hydrogens is 166 g/mol. The fraction of sp³-hybridized carbons (Fsp3) is 1.00. The zero-order valence-electron chi connectivity index (χ0n) is 8.37. The first-order valence-electron chi connectivity index (χ1n) is 5.35. The third kappa shape index (κ3) is 2.66. The second kappa shape index (κ2) is 4.40. The number of ether oxygens (including phenoxy) is 2. The minimum absolute atomic E-state index is 0.526. The van der Waals surface area contributed by atoms with E-state index < -0.39 is 0 Å². The normalized spacial score (nSPS) is 34.8. The highest BCUT2D eigenvalue weighted by atomic mass is 16.6. The first-order valence-corrected chi connectivity index (χ1v) is 5.35. The van der Waals surface area contributed by atoms with Gasteiger partial charge in [-0.25, -0.2) is 0 Å². The summed E-state index contributed by atoms with van der Waals surface area (Å²) in [5.74, 6) is 0. The quantitative estimate of drug-likeness (QED) is 0.608. The molecule has 0 unspecified atom stereocenters. The van der Waals surface area contributed by atoms with E-state index in [1.165, 1.54) is 12.8 Å². The lowest BCUT2D eigenvalue weighted by Crippen LogP contribution is -2.38. The van der Waals surface area contributed by atoms with Crippen LogP contribution in [-0.4, -0.2) is 50.0 Å². The van der Waals surface area contributed by atoms with Crippen LogP contribution >= 0.6 is 0 Å². The van der Waals surface area contributed by atoms with Crippen molar-refractivity contribution in [2.24, 2.45) is 0 Å². The van der Waals surface area contributed by atoms with E-state index in [4.69, 9.17) is 9.47 Å². The Balaban J connectivity index is 1.62. The van der Waals surface area contributed by atoms with Gasteiger partial charge < -0.3 is 9.47 Å². The van der Waals surface area contributed by atoms with Crippen LogP contribution in [0.1, 0.15) is 19.8 Å². The van der Waals surface area contributed by atoms with Gasteiger partial charge in [0, 0.05) is 19.6 Å². The lowest BCUT2D eigenvalue weighted by Gasteiger charge is -2.25. The van der Waals surface area contributed by atoms with Crippen LogP contribution < -0.4 is 0 Å². The predicted molar refractivity (Wildman–Crippen MR) is 50.8 cm³/mol. The molecule has 2 aliphatic rings. The Bertz CT molecular complexity index is 157. The van der Waals surface area contributed by atoms with E-state index in [9.17, 15) is 0 Å². The van der Waals surface area contributed by atoms with Crippen LogP contribution in [0.5, 0.6) is 0 Å². The van der Waals surface area contributed by atoms with Crippen molar-refractivity contribution < 1.29 is 9.47 Å². The largest absolute Gasteiger partial charge is 0.379 e. The predicted octanol–water partition coefficient (Wildman–Crippen LogP) is 0.886. The van der Waals surface area contributed by atoms with Crippen LogP contribution in [-0.2, 0) is 9.47 Å². The molecule has 0 aromatic carbocycles. The molecule has 0 saturated carbocycles. The Morgan fingerprint density at radius 3 is 2.69 bits per heavy atom. The maximum absolute atomic E-state index is 5.58. The summed E-state index contributed by atoms with van der Waals surface area (Å²) in [5.41, 5.74) is 0. The molecule has 2 atom stereocenters. The fourth-order valence-electron chi connectivity index (χ4n) is 1.92. The lowest BCUT2D eigenvalue weighted by atomic mass is 10.2. The highest BCUT2D eigenvalue weighted by Crippen LogP contribution is 2.27. The van der Waals surface area contributed by atoms with E-state index >= 15 is 0 Å². The molecule has 0 aliphatic carbocycles. The van der Waals surface area contributed by atoms with Gasteiger partial charge >= 0.3 is 0 Å². The zero-order valence-corrected chi connectivity index (χ0v) is 8.37. The molecule has 3 heteroatoms. The number of hydrogen-bond acceptors (Lipinski definition) is 3. The van der Waals surface area contributed by atoms with E-state index in [0.29, 0.717) is 12.2 Å². The molecule has 0 bridgehead atoms. The highest BCUT2D eigenvalue weighted by Gasteiger charge is 2.38. The molecule has 76 valence electrons. The number of morpholine rings is 1. The molecule has 13 heavy (non-hydrogen) atoms. The molecule has 2 heterocycles. The van der Waals surface area contributed by atoms with Crippen molar-refractivity contribution in [3.8, 4) is 0 Å². The van der Waals surface area contributed by atoms with Crippen molar-refractivity contribution in [2.75, 3.05) is 32.8 Å². The van der Waals surface area contributed by atoms with Gasteiger partial charge in [-0.15, -0.1) is 0 Å². The standard InChI is InChI=1S/C10H19NO2/c1-2-3-9-10(13-9)8-11-4-6-12-7-5-11/h9-10H,2-8H2,1H3/t9-,10-/m1/s1. The summed E-state index contributed by atoms with van der Waals surface area (Å²) >= 11 is 0. The molecule has 0 spiro atoms. The number of epoxide rings is 1. The minimum Gasteiger partial charge on any atom is -0.379 e. The van der Waals surface area contributed by atoms with Crippen molar-refractivity contribution in [1.82, 2.24) is 4.90 Å². The van der Waals surface area contributed by atoms with Gasteiger partial charge in [-0.1, -0.05) is 13.3 Å². The van der Waals surface area contributed by atoms with Crippen molar-refractivity contribution in [3.05, 3.63) is 0 Å². The molecule has 3 nitrogen and oxygen atoms in total. The summed E-state index contributed by atoms with van der Waals surface area (Å²) in [5, 5.41) is 0. The van der Waals surface area contributed by atoms with Crippen molar-refractivity contribution >= 4 is 0 Å². The molecule has 0 N–H and O–H groups in total. The Labute approximate surface area is 80.0 Å². The Morgan fingerprint density at radius 1 is 1.23 bits per heavy atom. The third-order valence-corrected chi connectivity index (χ3v) is 2.80. The van der Waals surface area contributed by atoms with E-state index in [2.05, 4.69) is 11.8 Å². The van der Waals surface area contributed by atoms with Crippen LogP contribution in [0.2, 0.25) is 0 Å². The molecule has 0 radical (unpaired) electrons. The van der Waals surface area contributed by atoms with Gasteiger partial charge in [0.1, 0.15) is 0 Å². The van der Waals surface area contributed by atoms with Gasteiger partial charge in [0.15, 0.2) is 0 Å². The molecule has 2 rings (SSSR count). The number of nitrogens with zero attached hydrogens (tertiary/aromatic N) is 1. The van der Waals surface area contributed by atoms with Crippen molar-refractivity contribution in [1.29, 1.82) is 0 Å². The topological polar surface area (TPSA) is 25.0 Å². The number of hydrogen-bond donors (Lipinski definition) is 0. The SMILES string of the molecule is CCC[C@H]1O[C@@H]1CN1CCOCC1. The molecule has 2 fully saturated rings. The highest BCUT2D eigenvalue weighted by molar-refractivity contribution is 4.87. The average molecular weight is 185 g/mol. The summed E-state index contributed by atoms with van der Waals surface area (Å²) in [4.78, 5) is 2.45. The summed E-state index contributed by atoms with van der Waals surface area (Å²) in [7, 11) is 0. The summed E-state index contributed by atoms with van der Waals surface area (Å²) in [6, 6.07) is 0. The van der Waals surface area contributed by atoms with Crippen LogP contribution in [0.4, 0.5) is 0 Å². The van der Waals surface area contributed by atoms with Gasteiger partial charge in [0.2, 0.25) is 0 Å². The van der Waals surface area contributed by atoms with Crippen LogP contribution in [0.25, 0.3) is 0 Å². The Morgan fingerprint density at radius 2 is 2.00 bits per heavy atom. The third-order valence-electron chi connectivity index (χ3n) is 2.80.